The zero-order chi connectivity index (χ0) is 44.3. The van der Waals surface area contributed by atoms with E-state index in [9.17, 15) is 25.2 Å². The molecule has 0 aromatic carbocycles. The first kappa shape index (κ1) is 56.9. The standard InChI is InChI=1S/C52H92O9/c1-3-5-7-9-11-13-15-17-19-21-22-23-24-25-26-28-30-32-34-36-38-40-42-58-44-46(45-59-52-51(57)50(56)49(55)47(43-53)61-52)60-48(54)41-39-37-35-33-31-29-27-20-18-16-14-12-10-8-6-4-2/h14-17,20-22,24-25,27,46-47,49-53,55-57H,3-13,18-19,23,26,28-45H2,1-2H3/b16-14-,17-15-,22-21-,25-24-,27-20-. The van der Waals surface area contributed by atoms with Crippen molar-refractivity contribution in [1.82, 2.24) is 0 Å². The van der Waals surface area contributed by atoms with Gasteiger partial charge >= 0.3 is 5.97 Å². The number of ether oxygens (including phenoxy) is 4. The third-order valence-electron chi connectivity index (χ3n) is 11.2. The first-order valence-corrected chi connectivity index (χ1v) is 24.9. The fraction of sp³-hybridized carbons (Fsp3) is 0.788. The average molecular weight is 861 g/mol. The van der Waals surface area contributed by atoms with Crippen molar-refractivity contribution >= 4 is 5.97 Å². The van der Waals surface area contributed by atoms with Crippen molar-refractivity contribution in [3.8, 4) is 0 Å². The van der Waals surface area contributed by atoms with Crippen LogP contribution in [-0.2, 0) is 23.7 Å². The van der Waals surface area contributed by atoms with Crippen LogP contribution >= 0.6 is 0 Å². The second-order valence-corrected chi connectivity index (χ2v) is 16.9. The molecule has 1 saturated heterocycles. The van der Waals surface area contributed by atoms with Gasteiger partial charge in [-0.3, -0.25) is 4.79 Å². The fourth-order valence-electron chi connectivity index (χ4n) is 7.23. The molecule has 9 heteroatoms. The van der Waals surface area contributed by atoms with Gasteiger partial charge in [-0.05, 0) is 83.5 Å². The van der Waals surface area contributed by atoms with Gasteiger partial charge in [0.1, 0.15) is 30.5 Å². The lowest BCUT2D eigenvalue weighted by Crippen LogP contribution is -2.59. The second-order valence-electron chi connectivity index (χ2n) is 16.9. The zero-order valence-electron chi connectivity index (χ0n) is 38.9. The number of allylic oxidation sites excluding steroid dienone is 10. The molecular formula is C52H92O9. The van der Waals surface area contributed by atoms with Gasteiger partial charge in [0.05, 0.1) is 19.8 Å². The van der Waals surface area contributed by atoms with Crippen LogP contribution in [0.2, 0.25) is 0 Å². The largest absolute Gasteiger partial charge is 0.457 e. The molecular weight excluding hydrogens is 769 g/mol. The van der Waals surface area contributed by atoms with E-state index in [0.29, 0.717) is 13.0 Å². The summed E-state index contributed by atoms with van der Waals surface area (Å²) < 4.78 is 22.8. The van der Waals surface area contributed by atoms with Gasteiger partial charge in [0.25, 0.3) is 0 Å². The van der Waals surface area contributed by atoms with Gasteiger partial charge in [-0.25, -0.2) is 0 Å². The summed E-state index contributed by atoms with van der Waals surface area (Å²) in [7, 11) is 0. The molecule has 9 nitrogen and oxygen atoms in total. The van der Waals surface area contributed by atoms with E-state index in [4.69, 9.17) is 18.9 Å². The Morgan fingerprint density at radius 2 is 0.951 bits per heavy atom. The minimum absolute atomic E-state index is 0.125. The molecule has 1 fully saturated rings. The summed E-state index contributed by atoms with van der Waals surface area (Å²) in [5.41, 5.74) is 0. The van der Waals surface area contributed by atoms with Gasteiger partial charge in [-0.2, -0.15) is 0 Å². The molecule has 6 atom stereocenters. The number of hydrogen-bond acceptors (Lipinski definition) is 9. The molecule has 0 spiro atoms. The molecule has 0 aromatic rings. The van der Waals surface area contributed by atoms with Crippen LogP contribution in [0, 0.1) is 0 Å². The van der Waals surface area contributed by atoms with Gasteiger partial charge in [-0.15, -0.1) is 0 Å². The Morgan fingerprint density at radius 1 is 0.525 bits per heavy atom. The molecule has 0 bridgehead atoms. The monoisotopic (exact) mass is 861 g/mol. The van der Waals surface area contributed by atoms with E-state index >= 15 is 0 Å². The highest BCUT2D eigenvalue weighted by Crippen LogP contribution is 2.22. The number of esters is 1. The van der Waals surface area contributed by atoms with Crippen LogP contribution in [0.15, 0.2) is 60.8 Å². The number of carbonyl (C=O) groups is 1. The van der Waals surface area contributed by atoms with E-state index in [2.05, 4.69) is 74.6 Å². The molecule has 1 aliphatic rings. The van der Waals surface area contributed by atoms with E-state index in [1.807, 2.05) is 0 Å². The maximum absolute atomic E-state index is 12.8. The molecule has 0 saturated carbocycles. The summed E-state index contributed by atoms with van der Waals surface area (Å²) in [6.07, 6.45) is 48.2. The highest BCUT2D eigenvalue weighted by Gasteiger charge is 2.44. The van der Waals surface area contributed by atoms with Crippen LogP contribution in [-0.4, -0.2) is 89.6 Å². The highest BCUT2D eigenvalue weighted by molar-refractivity contribution is 5.69. The molecule has 6 unspecified atom stereocenters. The number of aliphatic hydroxyl groups is 4. The maximum atomic E-state index is 12.8. The molecule has 1 aliphatic heterocycles. The number of carbonyl (C=O) groups excluding carboxylic acids is 1. The molecule has 0 aliphatic carbocycles. The third kappa shape index (κ3) is 34.0. The lowest BCUT2D eigenvalue weighted by atomic mass is 9.99. The average Bonchev–Trinajstić information content (AvgIpc) is 3.26. The molecule has 0 amide bonds. The predicted molar refractivity (Wildman–Crippen MR) is 251 cm³/mol. The minimum atomic E-state index is -1.54. The molecule has 61 heavy (non-hydrogen) atoms. The van der Waals surface area contributed by atoms with E-state index in [0.717, 1.165) is 83.5 Å². The van der Waals surface area contributed by atoms with E-state index in [-0.39, 0.29) is 19.2 Å². The Bertz CT molecular complexity index is 1120. The van der Waals surface area contributed by atoms with Crippen LogP contribution in [0.4, 0.5) is 0 Å². The van der Waals surface area contributed by atoms with E-state index in [1.165, 1.54) is 96.3 Å². The van der Waals surface area contributed by atoms with Gasteiger partial charge < -0.3 is 39.4 Å². The Hall–Kier alpha value is -2.11. The van der Waals surface area contributed by atoms with Crippen molar-refractivity contribution in [2.24, 2.45) is 0 Å². The quantitative estimate of drug-likeness (QED) is 0.0269. The normalized spacial score (nSPS) is 20.4. The second kappa shape index (κ2) is 43.2. The molecule has 4 N–H and O–H groups in total. The molecule has 1 rings (SSSR count). The van der Waals surface area contributed by atoms with Crippen molar-refractivity contribution < 1.29 is 44.2 Å². The van der Waals surface area contributed by atoms with Crippen LogP contribution in [0.25, 0.3) is 0 Å². The first-order valence-electron chi connectivity index (χ1n) is 24.9. The van der Waals surface area contributed by atoms with Crippen molar-refractivity contribution in [1.29, 1.82) is 0 Å². The Kier molecular flexibility index (Phi) is 40.3. The van der Waals surface area contributed by atoms with Crippen molar-refractivity contribution in [3.63, 3.8) is 0 Å². The topological polar surface area (TPSA) is 135 Å². The zero-order valence-corrected chi connectivity index (χ0v) is 38.9. The third-order valence-corrected chi connectivity index (χ3v) is 11.2. The Balaban J connectivity index is 2.24. The van der Waals surface area contributed by atoms with E-state index < -0.39 is 43.4 Å². The van der Waals surface area contributed by atoms with Crippen LogP contribution < -0.4 is 0 Å². The lowest BCUT2D eigenvalue weighted by Gasteiger charge is -2.39. The number of aliphatic hydroxyl groups excluding tert-OH is 4. The molecule has 0 aromatic heterocycles. The van der Waals surface area contributed by atoms with Crippen LogP contribution in [0.3, 0.4) is 0 Å². The van der Waals surface area contributed by atoms with Gasteiger partial charge in [0.15, 0.2) is 6.29 Å². The summed E-state index contributed by atoms with van der Waals surface area (Å²) in [4.78, 5) is 12.8. The smallest absolute Gasteiger partial charge is 0.306 e. The van der Waals surface area contributed by atoms with Gasteiger partial charge in [-0.1, -0.05) is 171 Å². The van der Waals surface area contributed by atoms with Crippen LogP contribution in [0.1, 0.15) is 200 Å². The number of hydrogen-bond donors (Lipinski definition) is 4. The summed E-state index contributed by atoms with van der Waals surface area (Å²) in [6.45, 7) is 4.49. The lowest BCUT2D eigenvalue weighted by molar-refractivity contribution is -0.305. The number of unbranched alkanes of at least 4 members (excludes halogenated alkanes) is 21. The Morgan fingerprint density at radius 3 is 1.44 bits per heavy atom. The molecule has 0 radical (unpaired) electrons. The van der Waals surface area contributed by atoms with Gasteiger partial charge in [0.2, 0.25) is 0 Å². The fourth-order valence-corrected chi connectivity index (χ4v) is 7.23. The highest BCUT2D eigenvalue weighted by atomic mass is 16.7. The van der Waals surface area contributed by atoms with Gasteiger partial charge in [0, 0.05) is 13.0 Å². The number of rotatable bonds is 42. The predicted octanol–water partition coefficient (Wildman–Crippen LogP) is 11.9. The minimum Gasteiger partial charge on any atom is -0.457 e. The van der Waals surface area contributed by atoms with Crippen LogP contribution in [0.5, 0.6) is 0 Å². The van der Waals surface area contributed by atoms with Crippen molar-refractivity contribution in [3.05, 3.63) is 60.8 Å². The first-order chi connectivity index (χ1) is 29.9. The summed E-state index contributed by atoms with van der Waals surface area (Å²) in [6, 6.07) is 0. The van der Waals surface area contributed by atoms with Crippen molar-refractivity contribution in [2.75, 3.05) is 26.4 Å². The summed E-state index contributed by atoms with van der Waals surface area (Å²) in [5.74, 6) is -0.332. The van der Waals surface area contributed by atoms with Crippen molar-refractivity contribution in [2.45, 2.75) is 237 Å². The SMILES string of the molecule is CCCCCC/C=C\C/C=C\CCCCCCCC(=O)OC(COCCCCCCCCC/C=C\C/C=C\C/C=C\CCCCCCC)COC1OC(CO)C(O)C(O)C1O. The molecule has 1 heterocycles. The van der Waals surface area contributed by atoms with E-state index in [1.54, 1.807) is 0 Å². The summed E-state index contributed by atoms with van der Waals surface area (Å²) >= 11 is 0. The molecule has 354 valence electrons. The Labute approximate surface area is 373 Å². The maximum Gasteiger partial charge on any atom is 0.306 e. The summed E-state index contributed by atoms with van der Waals surface area (Å²) in [5, 5.41) is 40.2.